The van der Waals surface area contributed by atoms with Crippen LogP contribution in [0.1, 0.15) is 86.6 Å². The van der Waals surface area contributed by atoms with Gasteiger partial charge in [-0.2, -0.15) is 4.98 Å². The van der Waals surface area contributed by atoms with E-state index in [1.807, 2.05) is 26.8 Å². The summed E-state index contributed by atoms with van der Waals surface area (Å²) in [6, 6.07) is 6.44. The largest absolute Gasteiger partial charge is 0.342 e. The van der Waals surface area contributed by atoms with Crippen LogP contribution in [0.25, 0.3) is 11.1 Å². The van der Waals surface area contributed by atoms with Crippen molar-refractivity contribution in [1.82, 2.24) is 20.4 Å². The van der Waals surface area contributed by atoms with Gasteiger partial charge >= 0.3 is 0 Å². The molecule has 0 unspecified atom stereocenters. The van der Waals surface area contributed by atoms with Crippen molar-refractivity contribution in [1.29, 1.82) is 0 Å². The van der Waals surface area contributed by atoms with Crippen LogP contribution in [0.5, 0.6) is 0 Å². The summed E-state index contributed by atoms with van der Waals surface area (Å²) in [5, 5.41) is 9.64. The summed E-state index contributed by atoms with van der Waals surface area (Å²) in [4.78, 5) is 33.5. The third kappa shape index (κ3) is 5.15. The Kier molecular flexibility index (Phi) is 6.32. The zero-order valence-corrected chi connectivity index (χ0v) is 20.7. The average molecular weight is 492 g/mol. The van der Waals surface area contributed by atoms with Gasteiger partial charge in [-0.3, -0.25) is 9.59 Å². The molecule has 1 saturated carbocycles. The second-order valence-electron chi connectivity index (χ2n) is 10.7. The van der Waals surface area contributed by atoms with Gasteiger partial charge in [-0.05, 0) is 73.1 Å². The summed E-state index contributed by atoms with van der Waals surface area (Å²) in [7, 11) is 0. The summed E-state index contributed by atoms with van der Waals surface area (Å²) in [6.07, 6.45) is 6.65. The minimum atomic E-state index is -0.443. The third-order valence-electron chi connectivity index (χ3n) is 6.64. The molecule has 2 amide bonds. The first-order valence-electron chi connectivity index (χ1n) is 12.4. The van der Waals surface area contributed by atoms with Gasteiger partial charge in [0.15, 0.2) is 0 Å². The molecule has 1 aromatic carbocycles. The first-order valence-corrected chi connectivity index (χ1v) is 12.4. The Morgan fingerprint density at radius 1 is 1.11 bits per heavy atom. The van der Waals surface area contributed by atoms with Crippen molar-refractivity contribution < 1.29 is 18.5 Å². The molecule has 0 radical (unpaired) electrons. The van der Waals surface area contributed by atoms with Crippen LogP contribution in [-0.2, 0) is 16.6 Å². The van der Waals surface area contributed by atoms with Crippen molar-refractivity contribution >= 4 is 17.6 Å². The van der Waals surface area contributed by atoms with Crippen LogP contribution in [0.4, 0.5) is 10.2 Å². The lowest BCUT2D eigenvalue weighted by Gasteiger charge is -2.20. The molecule has 0 aliphatic heterocycles. The molecule has 0 bridgehead atoms. The number of aryl methyl sites for hydroxylation is 1. The predicted molar refractivity (Wildman–Crippen MR) is 132 cm³/mol. The van der Waals surface area contributed by atoms with E-state index in [1.165, 1.54) is 6.07 Å². The lowest BCUT2D eigenvalue weighted by atomic mass is 9.94. The van der Waals surface area contributed by atoms with Gasteiger partial charge in [0.2, 0.25) is 11.8 Å². The number of aromatic nitrogens is 3. The minimum absolute atomic E-state index is 0.0274. The average Bonchev–Trinajstić information content (AvgIpc) is 3.59. The molecule has 36 heavy (non-hydrogen) atoms. The molecule has 188 valence electrons. The fourth-order valence-electron chi connectivity index (χ4n) is 4.45. The van der Waals surface area contributed by atoms with E-state index in [0.717, 1.165) is 43.2 Å². The maximum Gasteiger partial charge on any atom is 0.293 e. The zero-order valence-electron chi connectivity index (χ0n) is 20.7. The number of fused-ring (bicyclic) bond motifs is 1. The van der Waals surface area contributed by atoms with Crippen molar-refractivity contribution in [2.45, 2.75) is 70.8 Å². The fraction of sp³-hybridized carbons (Fsp3) is 0.444. The number of pyridine rings is 1. The zero-order chi connectivity index (χ0) is 25.4. The summed E-state index contributed by atoms with van der Waals surface area (Å²) >= 11 is 0. The number of nitrogens with zero attached hydrogens (tertiary/aromatic N) is 3. The highest BCUT2D eigenvalue weighted by atomic mass is 19.1. The van der Waals surface area contributed by atoms with Gasteiger partial charge in [-0.15, -0.1) is 0 Å². The molecular formula is C27H30FN5O3. The van der Waals surface area contributed by atoms with Crippen LogP contribution in [0.3, 0.4) is 0 Å². The first-order chi connectivity index (χ1) is 17.2. The number of rotatable bonds is 5. The number of hydrogen-bond acceptors (Lipinski definition) is 6. The fourth-order valence-corrected chi connectivity index (χ4v) is 4.45. The number of nitrogens with one attached hydrogen (secondary N) is 2. The van der Waals surface area contributed by atoms with Crippen LogP contribution in [-0.4, -0.2) is 26.9 Å². The van der Waals surface area contributed by atoms with E-state index >= 15 is 4.39 Å². The van der Waals surface area contributed by atoms with Crippen molar-refractivity contribution in [3.05, 3.63) is 59.1 Å². The van der Waals surface area contributed by atoms with Gasteiger partial charge in [-0.1, -0.05) is 32.3 Å². The molecule has 2 aliphatic carbocycles. The summed E-state index contributed by atoms with van der Waals surface area (Å²) in [5.74, 6) is -0.0539. The molecule has 2 N–H and O–H groups in total. The highest BCUT2D eigenvalue weighted by Gasteiger charge is 2.30. The Bertz CT molecular complexity index is 1310. The molecule has 2 aliphatic rings. The highest BCUT2D eigenvalue weighted by molar-refractivity contribution is 5.93. The summed E-state index contributed by atoms with van der Waals surface area (Å²) < 4.78 is 20.7. The Hall–Kier alpha value is -3.62. The van der Waals surface area contributed by atoms with Gasteiger partial charge in [0.05, 0.1) is 6.04 Å². The molecule has 2 aromatic heterocycles. The third-order valence-corrected chi connectivity index (χ3v) is 6.64. The normalized spacial score (nSPS) is 17.7. The Morgan fingerprint density at radius 3 is 2.64 bits per heavy atom. The molecule has 5 rings (SSSR count). The number of amides is 2. The van der Waals surface area contributed by atoms with Crippen LogP contribution in [0.15, 0.2) is 35.0 Å². The van der Waals surface area contributed by atoms with E-state index in [9.17, 15) is 9.59 Å². The highest BCUT2D eigenvalue weighted by Crippen LogP contribution is 2.35. The van der Waals surface area contributed by atoms with Crippen molar-refractivity contribution in [2.24, 2.45) is 5.92 Å². The van der Waals surface area contributed by atoms with Gasteiger partial charge in [0, 0.05) is 23.1 Å². The molecule has 9 heteroatoms. The second-order valence-corrected chi connectivity index (χ2v) is 10.7. The maximum absolute atomic E-state index is 15.4. The predicted octanol–water partition coefficient (Wildman–Crippen LogP) is 5.11. The van der Waals surface area contributed by atoms with Crippen molar-refractivity contribution in [3.8, 4) is 11.1 Å². The van der Waals surface area contributed by atoms with Crippen molar-refractivity contribution in [3.63, 3.8) is 0 Å². The van der Waals surface area contributed by atoms with Crippen LogP contribution in [0, 0.1) is 11.7 Å². The SMILES string of the molecule is CC(C)(C)c1nc(C(=O)N[C@H]2CCCCc3cc(-c4ccnc(NC(=O)C5CC5)c4)c(F)cc32)no1. The number of carbonyl (C=O) groups excluding carboxylic acids is 2. The van der Waals surface area contributed by atoms with E-state index in [0.29, 0.717) is 29.3 Å². The van der Waals surface area contributed by atoms with E-state index in [1.54, 1.807) is 18.3 Å². The van der Waals surface area contributed by atoms with Crippen LogP contribution < -0.4 is 10.6 Å². The molecule has 1 atom stereocenters. The van der Waals surface area contributed by atoms with Crippen molar-refractivity contribution in [2.75, 3.05) is 5.32 Å². The topological polar surface area (TPSA) is 110 Å². The Balaban J connectivity index is 1.39. The van der Waals surface area contributed by atoms with Crippen LogP contribution in [0.2, 0.25) is 0 Å². The number of carbonyl (C=O) groups is 2. The summed E-state index contributed by atoms with van der Waals surface area (Å²) in [6.45, 7) is 5.78. The second kappa shape index (κ2) is 9.44. The lowest BCUT2D eigenvalue weighted by Crippen LogP contribution is -2.30. The summed E-state index contributed by atoms with van der Waals surface area (Å²) in [5.41, 5.74) is 2.46. The molecular weight excluding hydrogens is 461 g/mol. The molecule has 0 spiro atoms. The standard InChI is InChI=1S/C27H30FN5O3/c1-27(2,3)26-32-23(33-36-26)25(35)30-21-7-5-4-6-16-12-18(20(28)14-19(16)21)17-10-11-29-22(13-17)31-24(34)15-8-9-15/h10-15,21H,4-9H2,1-3H3,(H,30,35)(H,29,31,34)/t21-/m0/s1. The molecule has 2 heterocycles. The van der Waals surface area contributed by atoms with E-state index in [2.05, 4.69) is 25.8 Å². The van der Waals surface area contributed by atoms with Gasteiger partial charge in [-0.25, -0.2) is 9.37 Å². The quantitative estimate of drug-likeness (QED) is 0.480. The van der Waals surface area contributed by atoms with Gasteiger partial charge in [0.1, 0.15) is 11.6 Å². The molecule has 0 saturated heterocycles. The number of halogens is 1. The number of hydrogen-bond donors (Lipinski definition) is 2. The van der Waals surface area contributed by atoms with Gasteiger partial charge in [0.25, 0.3) is 11.7 Å². The van der Waals surface area contributed by atoms with E-state index in [4.69, 9.17) is 4.52 Å². The number of benzene rings is 1. The monoisotopic (exact) mass is 491 g/mol. The lowest BCUT2D eigenvalue weighted by molar-refractivity contribution is -0.117. The van der Waals surface area contributed by atoms with E-state index in [-0.39, 0.29) is 29.1 Å². The Labute approximate surface area is 209 Å². The Morgan fingerprint density at radius 2 is 1.92 bits per heavy atom. The first kappa shape index (κ1) is 24.1. The molecule has 3 aromatic rings. The minimum Gasteiger partial charge on any atom is -0.342 e. The van der Waals surface area contributed by atoms with E-state index < -0.39 is 11.7 Å². The maximum atomic E-state index is 15.4. The smallest absolute Gasteiger partial charge is 0.293 e. The van der Waals surface area contributed by atoms with Crippen LogP contribution >= 0.6 is 0 Å². The molecule has 8 nitrogen and oxygen atoms in total. The molecule has 1 fully saturated rings. The number of anilines is 1. The van der Waals surface area contributed by atoms with Gasteiger partial charge < -0.3 is 15.2 Å².